The number of carbonyl (C=O) groups is 3. The van der Waals surface area contributed by atoms with Crippen LogP contribution in [0.5, 0.6) is 0 Å². The lowest BCUT2D eigenvalue weighted by atomic mass is 10.0. The topological polar surface area (TPSA) is 78.9 Å². The Morgan fingerprint density at radius 2 is 0.591 bits per heavy atom. The summed E-state index contributed by atoms with van der Waals surface area (Å²) < 4.78 is 16.7. The Bertz CT molecular complexity index is 1150. The molecular weight excluding hydrogens is 817 g/mol. The molecule has 0 N–H and O–H groups in total. The van der Waals surface area contributed by atoms with Crippen molar-refractivity contribution < 1.29 is 28.6 Å². The van der Waals surface area contributed by atoms with Crippen LogP contribution < -0.4 is 0 Å². The Hall–Kier alpha value is -2.63. The molecule has 0 rings (SSSR count). The second-order valence-electron chi connectivity index (χ2n) is 19.2. The zero-order valence-electron chi connectivity index (χ0n) is 44.0. The van der Waals surface area contributed by atoms with Gasteiger partial charge in [0.15, 0.2) is 6.10 Å². The minimum Gasteiger partial charge on any atom is -0.462 e. The van der Waals surface area contributed by atoms with E-state index in [1.165, 1.54) is 173 Å². The molecule has 0 aliphatic heterocycles. The van der Waals surface area contributed by atoms with Crippen LogP contribution >= 0.6 is 0 Å². The van der Waals surface area contributed by atoms with Crippen molar-refractivity contribution >= 4 is 17.9 Å². The van der Waals surface area contributed by atoms with Crippen molar-refractivity contribution in [3.63, 3.8) is 0 Å². The van der Waals surface area contributed by atoms with Crippen LogP contribution in [-0.4, -0.2) is 37.2 Å². The first-order chi connectivity index (χ1) is 32.5. The van der Waals surface area contributed by atoms with Gasteiger partial charge in [0.1, 0.15) is 13.2 Å². The van der Waals surface area contributed by atoms with Gasteiger partial charge in [-0.25, -0.2) is 0 Å². The molecule has 0 amide bonds. The van der Waals surface area contributed by atoms with Crippen LogP contribution in [0.15, 0.2) is 48.6 Å². The smallest absolute Gasteiger partial charge is 0.306 e. The maximum absolute atomic E-state index is 12.8. The van der Waals surface area contributed by atoms with Gasteiger partial charge in [-0.05, 0) is 77.0 Å². The Balaban J connectivity index is 4.09. The predicted octanol–water partition coefficient (Wildman–Crippen LogP) is 19.0. The number of hydrogen-bond donors (Lipinski definition) is 0. The quantitative estimate of drug-likeness (QED) is 0.0262. The molecule has 0 aliphatic carbocycles. The molecular formula is C60H108O6. The number of carbonyl (C=O) groups excluding carboxylic acids is 3. The van der Waals surface area contributed by atoms with Gasteiger partial charge < -0.3 is 14.2 Å². The molecule has 0 radical (unpaired) electrons. The van der Waals surface area contributed by atoms with Crippen LogP contribution in [-0.2, 0) is 28.6 Å². The van der Waals surface area contributed by atoms with E-state index >= 15 is 0 Å². The van der Waals surface area contributed by atoms with Gasteiger partial charge in [0.05, 0.1) is 0 Å². The van der Waals surface area contributed by atoms with Crippen LogP contribution in [0.25, 0.3) is 0 Å². The van der Waals surface area contributed by atoms with E-state index in [0.717, 1.165) is 83.5 Å². The summed E-state index contributed by atoms with van der Waals surface area (Å²) >= 11 is 0. The first-order valence-electron chi connectivity index (χ1n) is 28.6. The average molecular weight is 926 g/mol. The standard InChI is InChI=1S/C60H108O6/c1-4-7-10-13-16-18-20-22-24-26-27-28-29-30-31-32-33-35-36-38-40-42-44-47-50-53-59(62)65-56-57(55-64-58(61)52-49-46-15-12-9-6-3)66-60(63)54-51-48-45-43-41-39-37-34-25-23-21-19-17-14-11-8-5-2/h8,11,17,19,23,25-27,57H,4-7,9-10,12-16,18,20-22,24,28-56H2,1-3H3/b11-8-,19-17-,25-23-,27-26-. The van der Waals surface area contributed by atoms with E-state index in [-0.39, 0.29) is 31.1 Å². The molecule has 0 saturated heterocycles. The summed E-state index contributed by atoms with van der Waals surface area (Å²) in [6.45, 7) is 6.49. The van der Waals surface area contributed by atoms with Gasteiger partial charge in [0.25, 0.3) is 0 Å². The molecule has 0 spiro atoms. The lowest BCUT2D eigenvalue weighted by Crippen LogP contribution is -2.30. The molecule has 1 atom stereocenters. The van der Waals surface area contributed by atoms with Crippen molar-refractivity contribution in [1.82, 2.24) is 0 Å². The highest BCUT2D eigenvalue weighted by atomic mass is 16.6. The van der Waals surface area contributed by atoms with Gasteiger partial charge in [0.2, 0.25) is 0 Å². The summed E-state index contributed by atoms with van der Waals surface area (Å²) in [7, 11) is 0. The van der Waals surface area contributed by atoms with E-state index < -0.39 is 6.10 Å². The molecule has 0 aromatic heterocycles. The molecule has 0 saturated carbocycles. The van der Waals surface area contributed by atoms with Crippen molar-refractivity contribution in [3.05, 3.63) is 48.6 Å². The third-order valence-corrected chi connectivity index (χ3v) is 12.6. The molecule has 6 heteroatoms. The van der Waals surface area contributed by atoms with Gasteiger partial charge in [-0.1, -0.05) is 249 Å². The molecule has 0 aliphatic rings. The lowest BCUT2D eigenvalue weighted by molar-refractivity contribution is -0.167. The fraction of sp³-hybridized carbons (Fsp3) is 0.817. The molecule has 66 heavy (non-hydrogen) atoms. The van der Waals surface area contributed by atoms with Gasteiger partial charge in [-0.3, -0.25) is 14.4 Å². The summed E-state index contributed by atoms with van der Waals surface area (Å²) in [6.07, 6.45) is 67.1. The molecule has 384 valence electrons. The van der Waals surface area contributed by atoms with Gasteiger partial charge >= 0.3 is 17.9 Å². The van der Waals surface area contributed by atoms with E-state index in [4.69, 9.17) is 14.2 Å². The summed E-state index contributed by atoms with van der Waals surface area (Å²) in [6, 6.07) is 0. The summed E-state index contributed by atoms with van der Waals surface area (Å²) in [4.78, 5) is 37.8. The van der Waals surface area contributed by atoms with Crippen molar-refractivity contribution in [3.8, 4) is 0 Å². The molecule has 1 unspecified atom stereocenters. The van der Waals surface area contributed by atoms with Crippen molar-refractivity contribution in [2.45, 2.75) is 303 Å². The Labute approximate surface area is 409 Å². The van der Waals surface area contributed by atoms with Crippen LogP contribution in [0, 0.1) is 0 Å². The average Bonchev–Trinajstić information content (AvgIpc) is 3.31. The fourth-order valence-corrected chi connectivity index (χ4v) is 8.28. The van der Waals surface area contributed by atoms with Gasteiger partial charge in [0, 0.05) is 19.3 Å². The fourth-order valence-electron chi connectivity index (χ4n) is 8.28. The number of esters is 3. The first kappa shape index (κ1) is 63.4. The molecule has 0 bridgehead atoms. The zero-order chi connectivity index (χ0) is 47.9. The number of allylic oxidation sites excluding steroid dienone is 8. The molecule has 0 fully saturated rings. The predicted molar refractivity (Wildman–Crippen MR) is 284 cm³/mol. The van der Waals surface area contributed by atoms with E-state index in [9.17, 15) is 14.4 Å². The summed E-state index contributed by atoms with van der Waals surface area (Å²) in [5.74, 6) is -0.884. The third kappa shape index (κ3) is 52.3. The van der Waals surface area contributed by atoms with E-state index in [2.05, 4.69) is 69.4 Å². The minimum atomic E-state index is -0.774. The minimum absolute atomic E-state index is 0.0752. The largest absolute Gasteiger partial charge is 0.462 e. The number of hydrogen-bond acceptors (Lipinski definition) is 6. The second kappa shape index (κ2) is 55.0. The normalized spacial score (nSPS) is 12.3. The van der Waals surface area contributed by atoms with Crippen molar-refractivity contribution in [2.75, 3.05) is 13.2 Å². The van der Waals surface area contributed by atoms with Crippen LogP contribution in [0.4, 0.5) is 0 Å². The maximum atomic E-state index is 12.8. The monoisotopic (exact) mass is 925 g/mol. The maximum Gasteiger partial charge on any atom is 0.306 e. The first-order valence-corrected chi connectivity index (χ1v) is 28.6. The van der Waals surface area contributed by atoms with Crippen molar-refractivity contribution in [1.29, 1.82) is 0 Å². The SMILES string of the molecule is CC/C=C\C/C=C\C/C=C\CCCCCCCCCC(=O)OC(COC(=O)CCCCCCCC)COC(=O)CCCCCCCCCCCCCCC/C=C\CCCCCCCCCC. The molecule has 0 aromatic rings. The number of ether oxygens (including phenoxy) is 3. The van der Waals surface area contributed by atoms with E-state index in [1.807, 2.05) is 0 Å². The second-order valence-corrected chi connectivity index (χ2v) is 19.2. The summed E-state index contributed by atoms with van der Waals surface area (Å²) in [5.41, 5.74) is 0. The van der Waals surface area contributed by atoms with Gasteiger partial charge in [-0.15, -0.1) is 0 Å². The summed E-state index contributed by atoms with van der Waals surface area (Å²) in [5, 5.41) is 0. The molecule has 0 heterocycles. The van der Waals surface area contributed by atoms with Crippen molar-refractivity contribution in [2.24, 2.45) is 0 Å². The highest BCUT2D eigenvalue weighted by Gasteiger charge is 2.19. The Kier molecular flexibility index (Phi) is 52.8. The highest BCUT2D eigenvalue weighted by Crippen LogP contribution is 2.16. The zero-order valence-corrected chi connectivity index (χ0v) is 44.0. The Morgan fingerprint density at radius 1 is 0.318 bits per heavy atom. The highest BCUT2D eigenvalue weighted by molar-refractivity contribution is 5.71. The van der Waals surface area contributed by atoms with Crippen LogP contribution in [0.2, 0.25) is 0 Å². The van der Waals surface area contributed by atoms with Crippen LogP contribution in [0.1, 0.15) is 297 Å². The van der Waals surface area contributed by atoms with Gasteiger partial charge in [-0.2, -0.15) is 0 Å². The Morgan fingerprint density at radius 3 is 0.939 bits per heavy atom. The third-order valence-electron chi connectivity index (χ3n) is 12.6. The lowest BCUT2D eigenvalue weighted by Gasteiger charge is -2.18. The van der Waals surface area contributed by atoms with E-state index in [0.29, 0.717) is 19.3 Å². The molecule has 6 nitrogen and oxygen atoms in total. The number of rotatable bonds is 52. The molecule has 0 aromatic carbocycles. The number of unbranched alkanes of at least 4 members (excludes halogenated alkanes) is 33. The van der Waals surface area contributed by atoms with Crippen LogP contribution in [0.3, 0.4) is 0 Å². The van der Waals surface area contributed by atoms with E-state index in [1.54, 1.807) is 0 Å².